The molecule has 0 spiro atoms. The standard InChI is InChI=1S/C18H19N2O2P/c1-21-15-7-5-9-17(13-15)23(20-12-4-3-11-19-20)18-10-6-8-16(14-18)22-2/h3-14,19H,1-2H3. The van der Waals surface area contributed by atoms with Gasteiger partial charge in [-0.15, -0.1) is 0 Å². The number of hydrazine groups is 1. The minimum absolute atomic E-state index is 0.789. The van der Waals surface area contributed by atoms with Gasteiger partial charge in [-0.05, 0) is 36.4 Å². The molecule has 23 heavy (non-hydrogen) atoms. The fourth-order valence-corrected chi connectivity index (χ4v) is 4.50. The van der Waals surface area contributed by atoms with Crippen LogP contribution in [-0.4, -0.2) is 19.0 Å². The molecule has 0 aliphatic carbocycles. The predicted molar refractivity (Wildman–Crippen MR) is 95.4 cm³/mol. The number of hydrogen-bond donors (Lipinski definition) is 1. The van der Waals surface area contributed by atoms with E-state index in [4.69, 9.17) is 9.47 Å². The highest BCUT2D eigenvalue weighted by Gasteiger charge is 2.21. The lowest BCUT2D eigenvalue weighted by Gasteiger charge is -2.32. The summed E-state index contributed by atoms with van der Waals surface area (Å²) in [6.45, 7) is 0. The van der Waals surface area contributed by atoms with Crippen molar-refractivity contribution >= 4 is 18.7 Å². The number of nitrogens with zero attached hydrogens (tertiary/aromatic N) is 1. The van der Waals surface area contributed by atoms with Crippen LogP contribution in [0.2, 0.25) is 0 Å². The van der Waals surface area contributed by atoms with E-state index in [-0.39, 0.29) is 0 Å². The summed E-state index contributed by atoms with van der Waals surface area (Å²) in [5.41, 5.74) is 3.30. The molecule has 1 N–H and O–H groups in total. The van der Waals surface area contributed by atoms with Gasteiger partial charge in [-0.25, -0.2) is 0 Å². The fourth-order valence-electron chi connectivity index (χ4n) is 2.36. The van der Waals surface area contributed by atoms with Gasteiger partial charge in [0.15, 0.2) is 0 Å². The maximum atomic E-state index is 5.39. The molecule has 1 aliphatic heterocycles. The second kappa shape index (κ2) is 7.21. The molecule has 0 aromatic heterocycles. The van der Waals surface area contributed by atoms with E-state index in [0.717, 1.165) is 11.5 Å². The van der Waals surface area contributed by atoms with Crippen LogP contribution in [0.4, 0.5) is 0 Å². The van der Waals surface area contributed by atoms with Crippen molar-refractivity contribution in [3.8, 4) is 11.5 Å². The Hall–Kier alpha value is -2.45. The molecule has 4 nitrogen and oxygen atoms in total. The van der Waals surface area contributed by atoms with Crippen LogP contribution in [0, 0.1) is 0 Å². The van der Waals surface area contributed by atoms with Crippen molar-refractivity contribution in [1.82, 2.24) is 10.2 Å². The molecule has 0 radical (unpaired) electrons. The Labute approximate surface area is 137 Å². The Bertz CT molecular complexity index is 683. The molecule has 5 heteroatoms. The van der Waals surface area contributed by atoms with Gasteiger partial charge in [-0.3, -0.25) is 4.78 Å². The molecule has 0 saturated heterocycles. The van der Waals surface area contributed by atoms with Crippen molar-refractivity contribution in [2.45, 2.75) is 0 Å². The lowest BCUT2D eigenvalue weighted by atomic mass is 10.3. The molecule has 3 rings (SSSR count). The topological polar surface area (TPSA) is 33.7 Å². The normalized spacial score (nSPS) is 13.1. The molecule has 0 bridgehead atoms. The van der Waals surface area contributed by atoms with Gasteiger partial charge < -0.3 is 14.9 Å². The van der Waals surface area contributed by atoms with E-state index < -0.39 is 8.07 Å². The zero-order valence-corrected chi connectivity index (χ0v) is 14.0. The maximum absolute atomic E-state index is 5.39. The lowest BCUT2D eigenvalue weighted by Crippen LogP contribution is -2.33. The van der Waals surface area contributed by atoms with Gasteiger partial charge in [0.2, 0.25) is 0 Å². The third-order valence-electron chi connectivity index (χ3n) is 3.45. The Kier molecular flexibility index (Phi) is 4.84. The third-order valence-corrected chi connectivity index (χ3v) is 5.67. The molecule has 1 heterocycles. The minimum atomic E-state index is -0.789. The minimum Gasteiger partial charge on any atom is -0.497 e. The Morgan fingerprint density at radius 1 is 0.870 bits per heavy atom. The number of hydrogen-bond acceptors (Lipinski definition) is 4. The fraction of sp³-hybridized carbons (Fsp3) is 0.111. The van der Waals surface area contributed by atoms with Gasteiger partial charge in [-0.1, -0.05) is 24.3 Å². The first-order chi connectivity index (χ1) is 11.3. The molecular formula is C18H19N2O2P. The van der Waals surface area contributed by atoms with Gasteiger partial charge in [0, 0.05) is 23.0 Å². The van der Waals surface area contributed by atoms with E-state index >= 15 is 0 Å². The van der Waals surface area contributed by atoms with Gasteiger partial charge in [0.25, 0.3) is 0 Å². The van der Waals surface area contributed by atoms with E-state index in [9.17, 15) is 0 Å². The second-order valence-electron chi connectivity index (χ2n) is 4.89. The molecule has 1 aliphatic rings. The van der Waals surface area contributed by atoms with Crippen LogP contribution in [0.5, 0.6) is 11.5 Å². The number of allylic oxidation sites excluding steroid dienone is 2. The monoisotopic (exact) mass is 326 g/mol. The summed E-state index contributed by atoms with van der Waals surface area (Å²) < 4.78 is 12.9. The van der Waals surface area contributed by atoms with Gasteiger partial charge in [0.05, 0.1) is 22.3 Å². The summed E-state index contributed by atoms with van der Waals surface area (Å²) in [6.07, 6.45) is 7.97. The molecule has 0 unspecified atom stereocenters. The van der Waals surface area contributed by atoms with E-state index in [2.05, 4.69) is 34.5 Å². The second-order valence-corrected chi connectivity index (χ2v) is 6.98. The molecule has 0 saturated carbocycles. The SMILES string of the molecule is COc1cccc(P(c2cccc(OC)c2)N2C=CC=CN2)c1. The highest BCUT2D eigenvalue weighted by Crippen LogP contribution is 2.39. The Balaban J connectivity index is 2.05. The van der Waals surface area contributed by atoms with Crippen molar-refractivity contribution in [2.75, 3.05) is 14.2 Å². The highest BCUT2D eigenvalue weighted by atomic mass is 31.1. The lowest BCUT2D eigenvalue weighted by molar-refractivity contribution is 0.415. The largest absolute Gasteiger partial charge is 0.497 e. The number of nitrogens with one attached hydrogen (secondary N) is 1. The van der Waals surface area contributed by atoms with Crippen molar-refractivity contribution in [1.29, 1.82) is 0 Å². The summed E-state index contributed by atoms with van der Waals surface area (Å²) in [4.78, 5) is 0. The summed E-state index contributed by atoms with van der Waals surface area (Å²) in [5.74, 6) is 1.71. The molecule has 2 aromatic carbocycles. The average molecular weight is 326 g/mol. The van der Waals surface area contributed by atoms with Crippen LogP contribution in [-0.2, 0) is 0 Å². The Morgan fingerprint density at radius 2 is 1.48 bits per heavy atom. The summed E-state index contributed by atoms with van der Waals surface area (Å²) in [5, 5.41) is 2.39. The van der Waals surface area contributed by atoms with E-state index in [1.54, 1.807) is 14.2 Å². The van der Waals surface area contributed by atoms with Crippen molar-refractivity contribution < 1.29 is 9.47 Å². The van der Waals surface area contributed by atoms with E-state index in [1.807, 2.05) is 48.8 Å². The zero-order valence-electron chi connectivity index (χ0n) is 13.1. The first-order valence-corrected chi connectivity index (χ1v) is 8.58. The van der Waals surface area contributed by atoms with Crippen LogP contribution in [0.3, 0.4) is 0 Å². The molecule has 0 amide bonds. The number of ether oxygens (including phenoxy) is 2. The maximum Gasteiger partial charge on any atom is 0.119 e. The van der Waals surface area contributed by atoms with Gasteiger partial charge >= 0.3 is 0 Å². The van der Waals surface area contributed by atoms with Crippen LogP contribution in [0.1, 0.15) is 0 Å². The molecular weight excluding hydrogens is 307 g/mol. The molecule has 2 aromatic rings. The van der Waals surface area contributed by atoms with E-state index in [1.165, 1.54) is 10.6 Å². The molecule has 0 fully saturated rings. The zero-order chi connectivity index (χ0) is 16.1. The van der Waals surface area contributed by atoms with Crippen molar-refractivity contribution in [2.24, 2.45) is 0 Å². The van der Waals surface area contributed by atoms with Crippen LogP contribution >= 0.6 is 8.07 Å². The smallest absolute Gasteiger partial charge is 0.119 e. The predicted octanol–water partition coefficient (Wildman–Crippen LogP) is 2.90. The first-order valence-electron chi connectivity index (χ1n) is 7.29. The van der Waals surface area contributed by atoms with Gasteiger partial charge in [-0.2, -0.15) is 0 Å². The number of benzene rings is 2. The first kappa shape index (κ1) is 15.4. The van der Waals surface area contributed by atoms with E-state index in [0.29, 0.717) is 0 Å². The summed E-state index contributed by atoms with van der Waals surface area (Å²) in [6, 6.07) is 16.4. The third kappa shape index (κ3) is 3.49. The van der Waals surface area contributed by atoms with Crippen LogP contribution < -0.4 is 25.5 Å². The summed E-state index contributed by atoms with van der Waals surface area (Å²) >= 11 is 0. The van der Waals surface area contributed by atoms with Crippen LogP contribution in [0.15, 0.2) is 73.1 Å². The summed E-state index contributed by atoms with van der Waals surface area (Å²) in [7, 11) is 2.59. The number of rotatable bonds is 5. The Morgan fingerprint density at radius 3 is 1.96 bits per heavy atom. The average Bonchev–Trinajstić information content (AvgIpc) is 2.63. The molecule has 0 atom stereocenters. The van der Waals surface area contributed by atoms with Crippen molar-refractivity contribution in [3.63, 3.8) is 0 Å². The van der Waals surface area contributed by atoms with Crippen molar-refractivity contribution in [3.05, 3.63) is 73.1 Å². The highest BCUT2D eigenvalue weighted by molar-refractivity contribution is 7.70. The quantitative estimate of drug-likeness (QED) is 0.857. The number of methoxy groups -OCH3 is 2. The molecule has 118 valence electrons. The van der Waals surface area contributed by atoms with Gasteiger partial charge in [0.1, 0.15) is 11.5 Å². The van der Waals surface area contributed by atoms with Crippen LogP contribution in [0.25, 0.3) is 0 Å².